The minimum absolute atomic E-state index is 0.800. The summed E-state index contributed by atoms with van der Waals surface area (Å²) in [7, 11) is 2.18. The highest BCUT2D eigenvalue weighted by molar-refractivity contribution is 9.09. The van der Waals surface area contributed by atoms with Gasteiger partial charge in [-0.05, 0) is 44.5 Å². The Morgan fingerprint density at radius 2 is 2.19 bits per heavy atom. The lowest BCUT2D eigenvalue weighted by molar-refractivity contribution is 0.299. The van der Waals surface area contributed by atoms with Gasteiger partial charge in [0.25, 0.3) is 0 Å². The van der Waals surface area contributed by atoms with Crippen LogP contribution in [0.5, 0.6) is 0 Å². The molecule has 1 unspecified atom stereocenters. The van der Waals surface area contributed by atoms with E-state index in [0.717, 1.165) is 28.7 Å². The van der Waals surface area contributed by atoms with Gasteiger partial charge >= 0.3 is 0 Å². The fourth-order valence-corrected chi connectivity index (χ4v) is 3.50. The number of nitrogens with zero attached hydrogens (tertiary/aromatic N) is 1. The van der Waals surface area contributed by atoms with Crippen molar-refractivity contribution in [3.63, 3.8) is 0 Å². The normalized spacial score (nSPS) is 13.3. The van der Waals surface area contributed by atoms with Gasteiger partial charge < -0.3 is 4.90 Å². The maximum absolute atomic E-state index is 5.91. The first-order valence-corrected chi connectivity index (χ1v) is 7.92. The van der Waals surface area contributed by atoms with Crippen molar-refractivity contribution in [1.82, 2.24) is 4.90 Å². The topological polar surface area (TPSA) is 3.24 Å². The highest BCUT2D eigenvalue weighted by Crippen LogP contribution is 2.22. The van der Waals surface area contributed by atoms with Crippen LogP contribution in [-0.2, 0) is 6.54 Å². The Kier molecular flexibility index (Phi) is 6.97. The Bertz CT molecular complexity index is 303. The van der Waals surface area contributed by atoms with E-state index in [1.54, 1.807) is 11.3 Å². The van der Waals surface area contributed by atoms with Crippen molar-refractivity contribution in [2.24, 2.45) is 5.92 Å². The molecule has 1 nitrogen and oxygen atoms in total. The molecule has 0 N–H and O–H groups in total. The van der Waals surface area contributed by atoms with Crippen LogP contribution >= 0.6 is 38.9 Å². The van der Waals surface area contributed by atoms with Crippen molar-refractivity contribution in [2.75, 3.05) is 18.9 Å². The van der Waals surface area contributed by atoms with Gasteiger partial charge in [-0.1, -0.05) is 34.5 Å². The van der Waals surface area contributed by atoms with Crippen molar-refractivity contribution in [3.05, 3.63) is 21.3 Å². The molecule has 0 fully saturated rings. The zero-order valence-corrected chi connectivity index (χ0v) is 13.0. The van der Waals surface area contributed by atoms with Crippen LogP contribution in [0.15, 0.2) is 12.1 Å². The van der Waals surface area contributed by atoms with Gasteiger partial charge in [0.2, 0.25) is 0 Å². The van der Waals surface area contributed by atoms with Crippen LogP contribution in [0.25, 0.3) is 0 Å². The molecule has 0 aromatic carbocycles. The molecule has 1 heterocycles. The van der Waals surface area contributed by atoms with E-state index >= 15 is 0 Å². The second-order valence-corrected chi connectivity index (χ2v) is 6.91. The summed E-state index contributed by atoms with van der Waals surface area (Å²) in [6.45, 7) is 4.49. The average Bonchev–Trinajstić information content (AvgIpc) is 2.61. The molecule has 0 amide bonds. The summed E-state index contributed by atoms with van der Waals surface area (Å²) in [6, 6.07) is 4.09. The second kappa shape index (κ2) is 7.70. The molecule has 0 saturated heterocycles. The van der Waals surface area contributed by atoms with E-state index in [4.69, 9.17) is 11.6 Å². The van der Waals surface area contributed by atoms with Crippen molar-refractivity contribution in [1.29, 1.82) is 0 Å². The van der Waals surface area contributed by atoms with E-state index in [2.05, 4.69) is 40.9 Å². The third-order valence-electron chi connectivity index (χ3n) is 2.66. The van der Waals surface area contributed by atoms with Crippen molar-refractivity contribution >= 4 is 38.9 Å². The van der Waals surface area contributed by atoms with Crippen molar-refractivity contribution in [3.8, 4) is 0 Å². The maximum atomic E-state index is 5.91. The summed E-state index contributed by atoms with van der Waals surface area (Å²) in [5.74, 6) is 0.800. The number of alkyl halides is 1. The van der Waals surface area contributed by atoms with Crippen LogP contribution < -0.4 is 0 Å². The van der Waals surface area contributed by atoms with Crippen LogP contribution in [0.2, 0.25) is 4.34 Å². The molecule has 0 saturated carbocycles. The molecule has 16 heavy (non-hydrogen) atoms. The number of hydrogen-bond donors (Lipinski definition) is 0. The standard InChI is InChI=1S/C12H19BrClNS/c1-10(5-7-13)6-8-15(2)9-11-3-4-12(14)16-11/h3-4,10H,5-9H2,1-2H3. The Morgan fingerprint density at radius 1 is 1.44 bits per heavy atom. The summed E-state index contributed by atoms with van der Waals surface area (Å²) >= 11 is 11.1. The number of halogens is 2. The Morgan fingerprint density at radius 3 is 2.75 bits per heavy atom. The van der Waals surface area contributed by atoms with Gasteiger partial charge in [0.15, 0.2) is 0 Å². The first-order chi connectivity index (χ1) is 7.61. The molecule has 1 aromatic rings. The van der Waals surface area contributed by atoms with Crippen LogP contribution in [0.1, 0.15) is 24.6 Å². The predicted octanol–water partition coefficient (Wildman–Crippen LogP) is 4.64. The molecular weight excluding hydrogens is 306 g/mol. The molecule has 0 spiro atoms. The largest absolute Gasteiger partial charge is 0.301 e. The van der Waals surface area contributed by atoms with E-state index in [9.17, 15) is 0 Å². The van der Waals surface area contributed by atoms with E-state index in [1.807, 2.05) is 6.07 Å². The average molecular weight is 325 g/mol. The molecule has 92 valence electrons. The molecule has 0 radical (unpaired) electrons. The Hall–Kier alpha value is 0.430. The number of hydrogen-bond acceptors (Lipinski definition) is 2. The van der Waals surface area contributed by atoms with Crippen molar-refractivity contribution < 1.29 is 0 Å². The lowest BCUT2D eigenvalue weighted by Gasteiger charge is -2.18. The molecular formula is C12H19BrClNS. The summed E-state index contributed by atoms with van der Waals surface area (Å²) in [6.07, 6.45) is 2.53. The van der Waals surface area contributed by atoms with Gasteiger partial charge in [-0.3, -0.25) is 0 Å². The Balaban J connectivity index is 2.23. The summed E-state index contributed by atoms with van der Waals surface area (Å²) in [5.41, 5.74) is 0. The molecule has 1 rings (SSSR count). The number of rotatable bonds is 7. The van der Waals surface area contributed by atoms with Crippen LogP contribution in [0, 0.1) is 5.92 Å². The van der Waals surface area contributed by atoms with Gasteiger partial charge in [-0.25, -0.2) is 0 Å². The lowest BCUT2D eigenvalue weighted by Crippen LogP contribution is -2.20. The summed E-state index contributed by atoms with van der Waals surface area (Å²) in [5, 5.41) is 1.11. The minimum atomic E-state index is 0.800. The molecule has 0 aliphatic heterocycles. The minimum Gasteiger partial charge on any atom is -0.301 e. The quantitative estimate of drug-likeness (QED) is 0.660. The number of thiophene rings is 1. The third-order valence-corrected chi connectivity index (χ3v) is 4.33. The molecule has 1 aromatic heterocycles. The zero-order chi connectivity index (χ0) is 12.0. The summed E-state index contributed by atoms with van der Waals surface area (Å²) < 4.78 is 0.885. The monoisotopic (exact) mass is 323 g/mol. The first-order valence-electron chi connectivity index (χ1n) is 5.60. The van der Waals surface area contributed by atoms with E-state index in [0.29, 0.717) is 0 Å². The predicted molar refractivity (Wildman–Crippen MR) is 77.9 cm³/mol. The first kappa shape index (κ1) is 14.5. The SMILES string of the molecule is CC(CCBr)CCN(C)Cc1ccc(Cl)s1. The highest BCUT2D eigenvalue weighted by Gasteiger charge is 2.06. The molecule has 0 bridgehead atoms. The van der Waals surface area contributed by atoms with Crippen LogP contribution in [-0.4, -0.2) is 23.8 Å². The molecule has 0 aliphatic carbocycles. The smallest absolute Gasteiger partial charge is 0.0931 e. The third kappa shape index (κ3) is 5.67. The van der Waals surface area contributed by atoms with E-state index in [1.165, 1.54) is 17.7 Å². The second-order valence-electron chi connectivity index (χ2n) is 4.32. The van der Waals surface area contributed by atoms with E-state index in [-0.39, 0.29) is 0 Å². The molecule has 1 atom stereocenters. The highest BCUT2D eigenvalue weighted by atomic mass is 79.9. The van der Waals surface area contributed by atoms with E-state index < -0.39 is 0 Å². The van der Waals surface area contributed by atoms with Crippen LogP contribution in [0.4, 0.5) is 0 Å². The fourth-order valence-electron chi connectivity index (χ4n) is 1.55. The Labute approximate surface area is 116 Å². The van der Waals surface area contributed by atoms with Gasteiger partial charge in [0.05, 0.1) is 4.34 Å². The zero-order valence-electron chi connectivity index (χ0n) is 9.88. The summed E-state index contributed by atoms with van der Waals surface area (Å²) in [4.78, 5) is 3.72. The van der Waals surface area contributed by atoms with Crippen LogP contribution in [0.3, 0.4) is 0 Å². The van der Waals surface area contributed by atoms with Crippen molar-refractivity contribution in [2.45, 2.75) is 26.3 Å². The molecule has 4 heteroatoms. The molecule has 0 aliphatic rings. The maximum Gasteiger partial charge on any atom is 0.0931 e. The van der Waals surface area contributed by atoms with Gasteiger partial charge in [-0.2, -0.15) is 0 Å². The fraction of sp³-hybridized carbons (Fsp3) is 0.667. The van der Waals surface area contributed by atoms with Gasteiger partial charge in [0, 0.05) is 16.8 Å². The lowest BCUT2D eigenvalue weighted by atomic mass is 10.1. The van der Waals surface area contributed by atoms with Gasteiger partial charge in [-0.15, -0.1) is 11.3 Å². The van der Waals surface area contributed by atoms with Gasteiger partial charge in [0.1, 0.15) is 0 Å².